The van der Waals surface area contributed by atoms with Crippen molar-refractivity contribution in [2.24, 2.45) is 0 Å². The van der Waals surface area contributed by atoms with Gasteiger partial charge in [0.1, 0.15) is 17.0 Å². The van der Waals surface area contributed by atoms with Crippen LogP contribution in [0.4, 0.5) is 8.78 Å². The Hall–Kier alpha value is -2.01. The molecule has 0 bridgehead atoms. The molecule has 0 atom stereocenters. The number of carboxylic acid groups (broad SMARTS) is 1. The number of aliphatic carboxylic acids is 1. The van der Waals surface area contributed by atoms with Crippen LogP contribution in [-0.4, -0.2) is 16.4 Å². The highest BCUT2D eigenvalue weighted by Crippen LogP contribution is 2.51. The van der Waals surface area contributed by atoms with Crippen molar-refractivity contribution in [2.75, 3.05) is 5.33 Å². The van der Waals surface area contributed by atoms with Crippen molar-refractivity contribution in [1.82, 2.24) is 0 Å². The van der Waals surface area contributed by atoms with Crippen LogP contribution in [0, 0.1) is 11.6 Å². The predicted molar refractivity (Wildman–Crippen MR) is 87.8 cm³/mol. The number of carboxylic acids is 1. The largest absolute Gasteiger partial charge is 0.480 e. The van der Waals surface area contributed by atoms with Gasteiger partial charge in [-0.15, -0.1) is 0 Å². The SMILES string of the molecule is O=C(O)C1(CC=CCBr)c2cc(F)ccc2-c2ccc(F)cc21. The minimum atomic E-state index is -1.48. The second kappa shape index (κ2) is 5.89. The molecular formula is C18H13BrF2O2. The fourth-order valence-electron chi connectivity index (χ4n) is 3.21. The summed E-state index contributed by atoms with van der Waals surface area (Å²) < 4.78 is 27.5. The van der Waals surface area contributed by atoms with Crippen molar-refractivity contribution in [3.63, 3.8) is 0 Å². The third-order valence-electron chi connectivity index (χ3n) is 4.22. The molecule has 1 aliphatic rings. The van der Waals surface area contributed by atoms with Gasteiger partial charge in [-0.1, -0.05) is 40.2 Å². The number of allylic oxidation sites excluding steroid dienone is 2. The van der Waals surface area contributed by atoms with Gasteiger partial charge in [0.05, 0.1) is 0 Å². The quantitative estimate of drug-likeness (QED) is 0.620. The highest BCUT2D eigenvalue weighted by molar-refractivity contribution is 9.09. The van der Waals surface area contributed by atoms with Crippen LogP contribution in [0.2, 0.25) is 0 Å². The maximum absolute atomic E-state index is 13.8. The van der Waals surface area contributed by atoms with Gasteiger partial charge in [-0.3, -0.25) is 4.79 Å². The van der Waals surface area contributed by atoms with E-state index in [1.54, 1.807) is 24.3 Å². The van der Waals surface area contributed by atoms with Crippen LogP contribution in [0.25, 0.3) is 11.1 Å². The number of halogens is 3. The van der Waals surface area contributed by atoms with Gasteiger partial charge in [0, 0.05) is 5.33 Å². The van der Waals surface area contributed by atoms with Gasteiger partial charge in [0.15, 0.2) is 0 Å². The van der Waals surface area contributed by atoms with E-state index in [1.165, 1.54) is 24.3 Å². The lowest BCUT2D eigenvalue weighted by Gasteiger charge is -2.26. The van der Waals surface area contributed by atoms with Crippen LogP contribution >= 0.6 is 15.9 Å². The molecule has 0 unspecified atom stereocenters. The van der Waals surface area contributed by atoms with Crippen molar-refractivity contribution in [1.29, 1.82) is 0 Å². The van der Waals surface area contributed by atoms with Crippen LogP contribution in [0.15, 0.2) is 48.6 Å². The lowest BCUT2D eigenvalue weighted by atomic mass is 9.75. The van der Waals surface area contributed by atoms with Crippen molar-refractivity contribution >= 4 is 21.9 Å². The van der Waals surface area contributed by atoms with Crippen LogP contribution in [-0.2, 0) is 10.2 Å². The molecule has 5 heteroatoms. The van der Waals surface area contributed by atoms with Crippen LogP contribution in [0.5, 0.6) is 0 Å². The zero-order valence-electron chi connectivity index (χ0n) is 12.0. The summed E-state index contributed by atoms with van der Waals surface area (Å²) in [6.45, 7) is 0. The van der Waals surface area contributed by atoms with Crippen molar-refractivity contribution in [3.8, 4) is 11.1 Å². The van der Waals surface area contributed by atoms with E-state index >= 15 is 0 Å². The van der Waals surface area contributed by atoms with Gasteiger partial charge in [0.2, 0.25) is 0 Å². The number of hydrogen-bond acceptors (Lipinski definition) is 1. The summed E-state index contributed by atoms with van der Waals surface area (Å²) in [7, 11) is 0. The minimum Gasteiger partial charge on any atom is -0.480 e. The van der Waals surface area contributed by atoms with E-state index in [2.05, 4.69) is 15.9 Å². The molecule has 0 amide bonds. The second-order valence-electron chi connectivity index (χ2n) is 5.42. The first kappa shape index (κ1) is 15.9. The highest BCUT2D eigenvalue weighted by Gasteiger charge is 2.49. The topological polar surface area (TPSA) is 37.3 Å². The Labute approximate surface area is 140 Å². The lowest BCUT2D eigenvalue weighted by Crippen LogP contribution is -2.35. The monoisotopic (exact) mass is 378 g/mol. The molecule has 2 nitrogen and oxygen atoms in total. The Balaban J connectivity index is 2.33. The standard InChI is InChI=1S/C18H13BrF2O2/c19-8-2-1-7-18(17(22)23)15-9-11(20)3-5-13(15)14-6-4-12(21)10-16(14)18/h1-6,9-10H,7-8H2,(H,22,23). The minimum absolute atomic E-state index is 0.126. The van der Waals surface area contributed by atoms with Gasteiger partial charge in [-0.05, 0) is 52.9 Å². The van der Waals surface area contributed by atoms with Crippen LogP contribution < -0.4 is 0 Å². The molecule has 0 saturated carbocycles. The number of fused-ring (bicyclic) bond motifs is 3. The summed E-state index contributed by atoms with van der Waals surface area (Å²) in [6.07, 6.45) is 3.62. The second-order valence-corrected chi connectivity index (χ2v) is 6.07. The van der Waals surface area contributed by atoms with Gasteiger partial charge >= 0.3 is 5.97 Å². The predicted octanol–water partition coefficient (Wildman–Crippen LogP) is 4.66. The van der Waals surface area contributed by atoms with Crippen LogP contribution in [0.1, 0.15) is 17.5 Å². The van der Waals surface area contributed by atoms with Crippen LogP contribution in [0.3, 0.4) is 0 Å². The zero-order chi connectivity index (χ0) is 16.6. The van der Waals surface area contributed by atoms with Crippen molar-refractivity contribution < 1.29 is 18.7 Å². The molecule has 0 radical (unpaired) electrons. The number of benzene rings is 2. The molecular weight excluding hydrogens is 366 g/mol. The molecule has 1 aliphatic carbocycles. The molecule has 2 aromatic rings. The van der Waals surface area contributed by atoms with Gasteiger partial charge in [-0.2, -0.15) is 0 Å². The Morgan fingerprint density at radius 3 is 2.00 bits per heavy atom. The summed E-state index contributed by atoms with van der Waals surface area (Å²) in [5.41, 5.74) is 0.523. The van der Waals surface area contributed by atoms with Gasteiger partial charge < -0.3 is 5.11 Å². The molecule has 0 aliphatic heterocycles. The Morgan fingerprint density at radius 1 is 1.04 bits per heavy atom. The maximum Gasteiger partial charge on any atom is 0.319 e. The molecule has 0 aromatic heterocycles. The molecule has 0 heterocycles. The van der Waals surface area contributed by atoms with E-state index in [9.17, 15) is 18.7 Å². The van der Waals surface area contributed by atoms with Crippen molar-refractivity contribution in [3.05, 3.63) is 71.3 Å². The average molecular weight is 379 g/mol. The summed E-state index contributed by atoms with van der Waals surface area (Å²) >= 11 is 3.25. The molecule has 118 valence electrons. The normalized spacial score (nSPS) is 14.7. The van der Waals surface area contributed by atoms with E-state index in [0.717, 1.165) is 0 Å². The van der Waals surface area contributed by atoms with E-state index in [-0.39, 0.29) is 6.42 Å². The average Bonchev–Trinajstić information content (AvgIpc) is 2.77. The van der Waals surface area contributed by atoms with Gasteiger partial charge in [-0.25, -0.2) is 8.78 Å². The van der Waals surface area contributed by atoms with Gasteiger partial charge in [0.25, 0.3) is 0 Å². The van der Waals surface area contributed by atoms with E-state index in [4.69, 9.17) is 0 Å². The number of carbonyl (C=O) groups is 1. The van der Waals surface area contributed by atoms with Crippen molar-refractivity contribution in [2.45, 2.75) is 11.8 Å². The highest BCUT2D eigenvalue weighted by atomic mass is 79.9. The molecule has 2 aromatic carbocycles. The first-order valence-corrected chi connectivity index (χ1v) is 8.17. The third kappa shape index (κ3) is 2.39. The summed E-state index contributed by atoms with van der Waals surface area (Å²) in [6, 6.07) is 8.17. The summed E-state index contributed by atoms with van der Waals surface area (Å²) in [4.78, 5) is 12.2. The summed E-state index contributed by atoms with van der Waals surface area (Å²) in [5, 5.41) is 10.5. The Morgan fingerprint density at radius 2 is 1.57 bits per heavy atom. The number of alkyl halides is 1. The Bertz CT molecular complexity index is 763. The van der Waals surface area contributed by atoms with E-state index in [0.29, 0.717) is 27.6 Å². The lowest BCUT2D eigenvalue weighted by molar-refractivity contribution is -0.141. The molecule has 1 N–H and O–H groups in total. The molecule has 23 heavy (non-hydrogen) atoms. The van der Waals surface area contributed by atoms with E-state index < -0.39 is 23.0 Å². The number of hydrogen-bond donors (Lipinski definition) is 1. The maximum atomic E-state index is 13.8. The first-order valence-electron chi connectivity index (χ1n) is 7.05. The Kier molecular flexibility index (Phi) is 4.06. The van der Waals surface area contributed by atoms with E-state index in [1.807, 2.05) is 0 Å². The first-order chi connectivity index (χ1) is 11.0. The third-order valence-corrected chi connectivity index (χ3v) is 4.59. The summed E-state index contributed by atoms with van der Waals surface area (Å²) in [5.74, 6) is -2.13. The fraction of sp³-hybridized carbons (Fsp3) is 0.167. The fourth-order valence-corrected chi connectivity index (χ4v) is 3.48. The molecule has 3 rings (SSSR count). The molecule has 0 spiro atoms. The number of rotatable bonds is 4. The smallest absolute Gasteiger partial charge is 0.319 e. The molecule has 0 saturated heterocycles. The zero-order valence-corrected chi connectivity index (χ0v) is 13.6. The molecule has 0 fully saturated rings.